The number of halogens is 1. The molecule has 0 aromatic heterocycles. The van der Waals surface area contributed by atoms with E-state index in [1.807, 2.05) is 6.07 Å². The van der Waals surface area contributed by atoms with Gasteiger partial charge in [0.15, 0.2) is 6.61 Å². The molecule has 0 aliphatic heterocycles. The maximum absolute atomic E-state index is 11.9. The number of hydrogen-bond acceptors (Lipinski definition) is 3. The van der Waals surface area contributed by atoms with E-state index in [0.29, 0.717) is 5.75 Å². The number of carboxylic acid groups (broad SMARTS) is 1. The average molecular weight is 330 g/mol. The summed E-state index contributed by atoms with van der Waals surface area (Å²) < 4.78 is 6.10. The zero-order chi connectivity index (χ0) is 14.6. The highest BCUT2D eigenvalue weighted by molar-refractivity contribution is 9.10. The van der Waals surface area contributed by atoms with Gasteiger partial charge in [0.05, 0.1) is 4.47 Å². The molecule has 0 aliphatic rings. The van der Waals surface area contributed by atoms with Crippen LogP contribution in [0.4, 0.5) is 0 Å². The van der Waals surface area contributed by atoms with E-state index in [1.54, 1.807) is 18.2 Å². The summed E-state index contributed by atoms with van der Waals surface area (Å²) in [6.07, 6.45) is 0. The quantitative estimate of drug-likeness (QED) is 0.898. The Hall–Kier alpha value is -1.56. The van der Waals surface area contributed by atoms with Crippen molar-refractivity contribution in [3.8, 4) is 5.75 Å². The van der Waals surface area contributed by atoms with Crippen molar-refractivity contribution in [2.45, 2.75) is 19.4 Å². The molecule has 6 heteroatoms. The molecule has 1 amide bonds. The van der Waals surface area contributed by atoms with Crippen molar-refractivity contribution in [1.29, 1.82) is 0 Å². The fourth-order valence-electron chi connectivity index (χ4n) is 1.25. The van der Waals surface area contributed by atoms with E-state index < -0.39 is 17.4 Å². The number of nitrogens with zero attached hydrogens (tertiary/aromatic N) is 1. The molecule has 0 spiro atoms. The number of ether oxygens (including phenoxy) is 1. The van der Waals surface area contributed by atoms with Gasteiger partial charge in [-0.25, -0.2) is 4.79 Å². The molecule has 0 saturated heterocycles. The average Bonchev–Trinajstić information content (AvgIpc) is 2.36. The summed E-state index contributed by atoms with van der Waals surface area (Å²) in [5.74, 6) is -0.926. The fourth-order valence-corrected chi connectivity index (χ4v) is 1.65. The molecule has 0 radical (unpaired) electrons. The van der Waals surface area contributed by atoms with Gasteiger partial charge in [0.2, 0.25) is 0 Å². The highest BCUT2D eigenvalue weighted by Crippen LogP contribution is 2.24. The van der Waals surface area contributed by atoms with Crippen molar-refractivity contribution in [2.24, 2.45) is 0 Å². The van der Waals surface area contributed by atoms with Gasteiger partial charge in [-0.3, -0.25) is 4.79 Å². The van der Waals surface area contributed by atoms with Gasteiger partial charge in [-0.1, -0.05) is 12.1 Å². The molecule has 1 aromatic rings. The first-order valence-corrected chi connectivity index (χ1v) is 6.43. The van der Waals surface area contributed by atoms with Gasteiger partial charge >= 0.3 is 5.97 Å². The van der Waals surface area contributed by atoms with Crippen LogP contribution in [0.2, 0.25) is 0 Å². The summed E-state index contributed by atoms with van der Waals surface area (Å²) in [4.78, 5) is 24.1. The minimum Gasteiger partial charge on any atom is -0.483 e. The Bertz CT molecular complexity index is 487. The second kappa shape index (κ2) is 6.06. The minimum absolute atomic E-state index is 0.212. The van der Waals surface area contributed by atoms with Crippen LogP contribution in [0.5, 0.6) is 5.75 Å². The topological polar surface area (TPSA) is 66.8 Å². The molecular formula is C13H16BrNO4. The Kier molecular flexibility index (Phi) is 4.94. The number of para-hydroxylation sites is 1. The van der Waals surface area contributed by atoms with E-state index in [1.165, 1.54) is 20.9 Å². The number of aliphatic carboxylic acids is 1. The third-order valence-corrected chi connectivity index (χ3v) is 3.58. The SMILES string of the molecule is CN(C(=O)COc1ccccc1Br)C(C)(C)C(=O)O. The zero-order valence-electron chi connectivity index (χ0n) is 11.0. The summed E-state index contributed by atoms with van der Waals surface area (Å²) in [6, 6.07) is 7.14. The van der Waals surface area contributed by atoms with Crippen molar-refractivity contribution in [3.63, 3.8) is 0 Å². The lowest BCUT2D eigenvalue weighted by atomic mass is 10.0. The monoisotopic (exact) mass is 329 g/mol. The van der Waals surface area contributed by atoms with E-state index in [9.17, 15) is 9.59 Å². The molecule has 0 fully saturated rings. The second-order valence-electron chi connectivity index (χ2n) is 4.54. The Morgan fingerprint density at radius 3 is 2.47 bits per heavy atom. The molecule has 0 heterocycles. The highest BCUT2D eigenvalue weighted by Gasteiger charge is 2.35. The molecule has 1 N–H and O–H groups in total. The Labute approximate surface area is 120 Å². The summed E-state index contributed by atoms with van der Waals surface area (Å²) >= 11 is 3.30. The van der Waals surface area contributed by atoms with Crippen molar-refractivity contribution in [1.82, 2.24) is 4.90 Å². The van der Waals surface area contributed by atoms with E-state index in [0.717, 1.165) is 9.37 Å². The molecule has 0 atom stereocenters. The molecule has 0 unspecified atom stereocenters. The van der Waals surface area contributed by atoms with Crippen molar-refractivity contribution in [3.05, 3.63) is 28.7 Å². The zero-order valence-corrected chi connectivity index (χ0v) is 12.6. The number of amides is 1. The van der Waals surface area contributed by atoms with Crippen molar-refractivity contribution >= 4 is 27.8 Å². The van der Waals surface area contributed by atoms with Gasteiger partial charge in [0, 0.05) is 7.05 Å². The Morgan fingerprint density at radius 2 is 1.95 bits per heavy atom. The number of carbonyl (C=O) groups is 2. The van der Waals surface area contributed by atoms with Gasteiger partial charge in [-0.2, -0.15) is 0 Å². The van der Waals surface area contributed by atoms with Crippen LogP contribution >= 0.6 is 15.9 Å². The first kappa shape index (κ1) is 15.5. The van der Waals surface area contributed by atoms with Crippen LogP contribution in [0.25, 0.3) is 0 Å². The van der Waals surface area contributed by atoms with Gasteiger partial charge in [0.25, 0.3) is 5.91 Å². The van der Waals surface area contributed by atoms with Crippen LogP contribution in [0.1, 0.15) is 13.8 Å². The highest BCUT2D eigenvalue weighted by atomic mass is 79.9. The largest absolute Gasteiger partial charge is 0.483 e. The maximum Gasteiger partial charge on any atom is 0.329 e. The van der Waals surface area contributed by atoms with Gasteiger partial charge in [0.1, 0.15) is 11.3 Å². The molecule has 1 aromatic carbocycles. The lowest BCUT2D eigenvalue weighted by molar-refractivity contribution is -0.156. The first-order chi connectivity index (χ1) is 8.76. The minimum atomic E-state index is -1.27. The van der Waals surface area contributed by atoms with Crippen LogP contribution in [0.15, 0.2) is 28.7 Å². The fraction of sp³-hybridized carbons (Fsp3) is 0.385. The Morgan fingerprint density at radius 1 is 1.37 bits per heavy atom. The normalized spacial score (nSPS) is 10.9. The number of benzene rings is 1. The van der Waals surface area contributed by atoms with E-state index in [4.69, 9.17) is 9.84 Å². The lowest BCUT2D eigenvalue weighted by Gasteiger charge is -2.31. The molecule has 19 heavy (non-hydrogen) atoms. The predicted octanol–water partition coefficient (Wildman–Crippen LogP) is 2.15. The predicted molar refractivity (Wildman–Crippen MR) is 74.1 cm³/mol. The molecule has 0 saturated carbocycles. The third kappa shape index (κ3) is 3.70. The first-order valence-electron chi connectivity index (χ1n) is 5.64. The molecule has 1 rings (SSSR count). The summed E-state index contributed by atoms with van der Waals surface area (Å²) in [5, 5.41) is 9.05. The molecular weight excluding hydrogens is 314 g/mol. The van der Waals surface area contributed by atoms with E-state index in [2.05, 4.69) is 15.9 Å². The van der Waals surface area contributed by atoms with Gasteiger partial charge < -0.3 is 14.7 Å². The number of hydrogen-bond donors (Lipinski definition) is 1. The van der Waals surface area contributed by atoms with Crippen molar-refractivity contribution in [2.75, 3.05) is 13.7 Å². The van der Waals surface area contributed by atoms with Crippen LogP contribution in [-0.4, -0.2) is 41.1 Å². The summed E-state index contributed by atoms with van der Waals surface area (Å²) in [7, 11) is 1.44. The number of likely N-dealkylation sites (N-methyl/N-ethyl adjacent to an activating group) is 1. The van der Waals surface area contributed by atoms with E-state index in [-0.39, 0.29) is 6.61 Å². The lowest BCUT2D eigenvalue weighted by Crippen LogP contribution is -2.52. The van der Waals surface area contributed by atoms with Gasteiger partial charge in [-0.05, 0) is 41.9 Å². The van der Waals surface area contributed by atoms with Crippen LogP contribution in [0.3, 0.4) is 0 Å². The molecule has 5 nitrogen and oxygen atoms in total. The van der Waals surface area contributed by atoms with Crippen LogP contribution < -0.4 is 4.74 Å². The summed E-state index contributed by atoms with van der Waals surface area (Å²) in [5.41, 5.74) is -1.27. The standard InChI is InChI=1S/C13H16BrNO4/c1-13(2,12(17)18)15(3)11(16)8-19-10-7-5-4-6-9(10)14/h4-7H,8H2,1-3H3,(H,17,18). The number of carbonyl (C=O) groups excluding carboxylic acids is 1. The second-order valence-corrected chi connectivity index (χ2v) is 5.39. The van der Waals surface area contributed by atoms with Crippen LogP contribution in [0, 0.1) is 0 Å². The maximum atomic E-state index is 11.9. The summed E-state index contributed by atoms with van der Waals surface area (Å²) in [6.45, 7) is 2.72. The van der Waals surface area contributed by atoms with Crippen LogP contribution in [-0.2, 0) is 9.59 Å². The molecule has 0 bridgehead atoms. The number of carboxylic acids is 1. The third-order valence-electron chi connectivity index (χ3n) is 2.92. The van der Waals surface area contributed by atoms with Crippen molar-refractivity contribution < 1.29 is 19.4 Å². The van der Waals surface area contributed by atoms with E-state index >= 15 is 0 Å². The smallest absolute Gasteiger partial charge is 0.329 e. The Balaban J connectivity index is 2.66. The van der Waals surface area contributed by atoms with Gasteiger partial charge in [-0.15, -0.1) is 0 Å². The molecule has 104 valence electrons. The number of rotatable bonds is 5. The molecule has 0 aliphatic carbocycles.